The maximum absolute atomic E-state index is 12.7. The average molecular weight is 281 g/mol. The second-order valence-electron chi connectivity index (χ2n) is 4.98. The second kappa shape index (κ2) is 5.56. The molecule has 20 heavy (non-hydrogen) atoms. The topological polar surface area (TPSA) is 95.7 Å². The molecule has 1 saturated heterocycles. The number of carboxylic acids is 1. The lowest BCUT2D eigenvalue weighted by Crippen LogP contribution is -2.50. The fraction of sp³-hybridized carbons (Fsp3) is 0.385. The lowest BCUT2D eigenvalue weighted by Gasteiger charge is -2.19. The Kier molecular flexibility index (Phi) is 4.01. The van der Waals surface area contributed by atoms with Crippen LogP contribution < -0.4 is 11.1 Å². The predicted octanol–water partition coefficient (Wildman–Crippen LogP) is 0.252. The molecule has 108 valence electrons. The number of nitrogens with zero attached hydrogens (tertiary/aromatic N) is 1. The Labute approximate surface area is 115 Å². The van der Waals surface area contributed by atoms with Crippen LogP contribution in [0.25, 0.3) is 0 Å². The number of aliphatic carboxylic acids is 1. The number of rotatable bonds is 4. The summed E-state index contributed by atoms with van der Waals surface area (Å²) in [6.07, 6.45) is 0.312. The van der Waals surface area contributed by atoms with Crippen molar-refractivity contribution in [2.75, 3.05) is 25.0 Å². The van der Waals surface area contributed by atoms with Crippen molar-refractivity contribution in [2.45, 2.75) is 12.0 Å². The molecule has 0 spiro atoms. The van der Waals surface area contributed by atoms with Crippen LogP contribution in [0.5, 0.6) is 0 Å². The molecule has 0 aromatic heterocycles. The van der Waals surface area contributed by atoms with E-state index < -0.39 is 11.5 Å². The first-order chi connectivity index (χ1) is 9.39. The molecular formula is C13H16FN3O3. The van der Waals surface area contributed by atoms with Crippen LogP contribution in [0.4, 0.5) is 10.1 Å². The molecule has 7 heteroatoms. The number of carbonyl (C=O) groups excluding carboxylic acids is 1. The molecule has 1 aromatic carbocycles. The van der Waals surface area contributed by atoms with Crippen LogP contribution in [-0.2, 0) is 9.59 Å². The van der Waals surface area contributed by atoms with E-state index in [1.54, 1.807) is 4.90 Å². The van der Waals surface area contributed by atoms with E-state index in [2.05, 4.69) is 5.32 Å². The molecule has 0 radical (unpaired) electrons. The van der Waals surface area contributed by atoms with Gasteiger partial charge in [0.2, 0.25) is 5.91 Å². The molecule has 1 unspecified atom stereocenters. The summed E-state index contributed by atoms with van der Waals surface area (Å²) in [6.45, 7) is 0.655. The Hall–Kier alpha value is -1.99. The highest BCUT2D eigenvalue weighted by molar-refractivity contribution is 5.92. The molecule has 4 N–H and O–H groups in total. The number of carbonyl (C=O) groups is 2. The van der Waals surface area contributed by atoms with E-state index in [-0.39, 0.29) is 24.8 Å². The predicted molar refractivity (Wildman–Crippen MR) is 70.6 cm³/mol. The maximum Gasteiger partial charge on any atom is 0.325 e. The lowest BCUT2D eigenvalue weighted by atomic mass is 10.0. The number of nitrogens with one attached hydrogen (secondary N) is 1. The number of hydrogen-bond acceptors (Lipinski definition) is 4. The third kappa shape index (κ3) is 3.31. The van der Waals surface area contributed by atoms with Crippen LogP contribution >= 0.6 is 0 Å². The van der Waals surface area contributed by atoms with Crippen molar-refractivity contribution in [3.05, 3.63) is 30.1 Å². The van der Waals surface area contributed by atoms with Gasteiger partial charge in [-0.1, -0.05) is 0 Å². The van der Waals surface area contributed by atoms with Crippen molar-refractivity contribution in [1.29, 1.82) is 0 Å². The van der Waals surface area contributed by atoms with Crippen molar-refractivity contribution in [3.63, 3.8) is 0 Å². The third-order valence-electron chi connectivity index (χ3n) is 3.30. The highest BCUT2D eigenvalue weighted by atomic mass is 19.1. The minimum absolute atomic E-state index is 0.0591. The first kappa shape index (κ1) is 14.4. The molecule has 0 bridgehead atoms. The van der Waals surface area contributed by atoms with Gasteiger partial charge in [0.05, 0.1) is 6.54 Å². The van der Waals surface area contributed by atoms with Crippen molar-refractivity contribution in [2.24, 2.45) is 5.73 Å². The van der Waals surface area contributed by atoms with Gasteiger partial charge in [-0.2, -0.15) is 0 Å². The van der Waals surface area contributed by atoms with Gasteiger partial charge in [0.15, 0.2) is 0 Å². The molecule has 6 nitrogen and oxygen atoms in total. The summed E-state index contributed by atoms with van der Waals surface area (Å²) in [5.74, 6) is -1.72. The highest BCUT2D eigenvalue weighted by Crippen LogP contribution is 2.18. The summed E-state index contributed by atoms with van der Waals surface area (Å²) in [5, 5.41) is 11.6. The minimum atomic E-state index is -1.28. The number of anilines is 1. The number of likely N-dealkylation sites (tertiary alicyclic amines) is 1. The summed E-state index contributed by atoms with van der Waals surface area (Å²) >= 11 is 0. The van der Waals surface area contributed by atoms with Gasteiger partial charge in [0, 0.05) is 18.8 Å². The molecular weight excluding hydrogens is 265 g/mol. The fourth-order valence-electron chi connectivity index (χ4n) is 2.16. The molecule has 1 aliphatic heterocycles. The Bertz CT molecular complexity index is 520. The van der Waals surface area contributed by atoms with Crippen LogP contribution in [0.3, 0.4) is 0 Å². The molecule has 2 rings (SSSR count). The molecule has 1 aromatic rings. The van der Waals surface area contributed by atoms with E-state index in [0.29, 0.717) is 18.7 Å². The van der Waals surface area contributed by atoms with E-state index in [1.165, 1.54) is 24.3 Å². The van der Waals surface area contributed by atoms with Crippen molar-refractivity contribution < 1.29 is 19.1 Å². The van der Waals surface area contributed by atoms with E-state index in [0.717, 1.165) is 0 Å². The molecule has 1 amide bonds. The Balaban J connectivity index is 1.87. The van der Waals surface area contributed by atoms with Crippen LogP contribution in [-0.4, -0.2) is 47.1 Å². The van der Waals surface area contributed by atoms with Gasteiger partial charge in [-0.3, -0.25) is 14.5 Å². The first-order valence-corrected chi connectivity index (χ1v) is 6.19. The van der Waals surface area contributed by atoms with E-state index in [4.69, 9.17) is 10.8 Å². The standard InChI is InChI=1S/C13H16FN3O3/c14-9-1-3-10(4-2-9)16-11(18)7-17-6-5-13(15,8-17)12(19)20/h1-4H,5-8,15H2,(H,16,18)(H,19,20). The summed E-state index contributed by atoms with van der Waals surface area (Å²) in [7, 11) is 0. The van der Waals surface area contributed by atoms with E-state index >= 15 is 0 Å². The monoisotopic (exact) mass is 281 g/mol. The molecule has 1 atom stereocenters. The summed E-state index contributed by atoms with van der Waals surface area (Å²) in [6, 6.07) is 5.42. The van der Waals surface area contributed by atoms with Gasteiger partial charge >= 0.3 is 5.97 Å². The second-order valence-corrected chi connectivity index (χ2v) is 4.98. The number of amides is 1. The normalized spacial score (nSPS) is 22.7. The molecule has 1 heterocycles. The van der Waals surface area contributed by atoms with Gasteiger partial charge in [-0.15, -0.1) is 0 Å². The Morgan fingerprint density at radius 3 is 2.60 bits per heavy atom. The zero-order chi connectivity index (χ0) is 14.8. The molecule has 0 saturated carbocycles. The van der Waals surface area contributed by atoms with E-state index in [9.17, 15) is 14.0 Å². The van der Waals surface area contributed by atoms with Crippen molar-refractivity contribution in [1.82, 2.24) is 4.90 Å². The van der Waals surface area contributed by atoms with Crippen molar-refractivity contribution in [3.8, 4) is 0 Å². The van der Waals surface area contributed by atoms with Crippen LogP contribution in [0, 0.1) is 5.82 Å². The summed E-state index contributed by atoms with van der Waals surface area (Å²) in [4.78, 5) is 24.5. The molecule has 0 aliphatic carbocycles. The SMILES string of the molecule is NC1(C(=O)O)CCN(CC(=O)Nc2ccc(F)cc2)C1. The van der Waals surface area contributed by atoms with Crippen LogP contribution in [0.2, 0.25) is 0 Å². The largest absolute Gasteiger partial charge is 0.480 e. The number of halogens is 1. The number of hydrogen-bond donors (Lipinski definition) is 3. The first-order valence-electron chi connectivity index (χ1n) is 6.19. The number of benzene rings is 1. The van der Waals surface area contributed by atoms with Gasteiger partial charge in [-0.25, -0.2) is 4.39 Å². The zero-order valence-electron chi connectivity index (χ0n) is 10.8. The quantitative estimate of drug-likeness (QED) is 0.735. The van der Waals surface area contributed by atoms with E-state index in [1.807, 2.05) is 0 Å². The molecule has 1 aliphatic rings. The summed E-state index contributed by atoms with van der Waals surface area (Å²) < 4.78 is 12.7. The van der Waals surface area contributed by atoms with Gasteiger partial charge in [-0.05, 0) is 30.7 Å². The zero-order valence-corrected chi connectivity index (χ0v) is 10.8. The fourth-order valence-corrected chi connectivity index (χ4v) is 2.16. The Morgan fingerprint density at radius 1 is 1.40 bits per heavy atom. The highest BCUT2D eigenvalue weighted by Gasteiger charge is 2.41. The number of nitrogens with two attached hydrogens (primary N) is 1. The van der Waals surface area contributed by atoms with Crippen LogP contribution in [0.1, 0.15) is 6.42 Å². The summed E-state index contributed by atoms with van der Waals surface area (Å²) in [5.41, 5.74) is 4.93. The van der Waals surface area contributed by atoms with Gasteiger partial charge in [0.1, 0.15) is 11.4 Å². The molecule has 1 fully saturated rings. The van der Waals surface area contributed by atoms with Gasteiger partial charge in [0.25, 0.3) is 0 Å². The Morgan fingerprint density at radius 2 is 2.05 bits per heavy atom. The van der Waals surface area contributed by atoms with Crippen molar-refractivity contribution >= 4 is 17.6 Å². The third-order valence-corrected chi connectivity index (χ3v) is 3.30. The minimum Gasteiger partial charge on any atom is -0.480 e. The lowest BCUT2D eigenvalue weighted by molar-refractivity contribution is -0.143. The smallest absolute Gasteiger partial charge is 0.325 e. The maximum atomic E-state index is 12.7. The average Bonchev–Trinajstić information content (AvgIpc) is 2.75. The van der Waals surface area contributed by atoms with Gasteiger partial charge < -0.3 is 16.2 Å². The van der Waals surface area contributed by atoms with Crippen LogP contribution in [0.15, 0.2) is 24.3 Å². The number of carboxylic acid groups (broad SMARTS) is 1.